The molecule has 0 saturated heterocycles. The maximum atomic E-state index is 9.60. The highest BCUT2D eigenvalue weighted by atomic mass is 16.4. The first-order valence-corrected chi connectivity index (χ1v) is 11.5. The van der Waals surface area contributed by atoms with Gasteiger partial charge in [-0.3, -0.25) is 0 Å². The van der Waals surface area contributed by atoms with Crippen molar-refractivity contribution < 1.29 is 10.4 Å². The summed E-state index contributed by atoms with van der Waals surface area (Å²) < 4.78 is 0. The van der Waals surface area contributed by atoms with Crippen LogP contribution in [0.3, 0.4) is 0 Å². The molecule has 5 saturated carbocycles. The fourth-order valence-corrected chi connectivity index (χ4v) is 10.1. The molecule has 0 bridgehead atoms. The lowest BCUT2D eigenvalue weighted by atomic mass is 9.42. The third kappa shape index (κ3) is 1.81. The van der Waals surface area contributed by atoms with Crippen molar-refractivity contribution in [2.24, 2.45) is 55.1 Å². The van der Waals surface area contributed by atoms with Crippen LogP contribution < -0.4 is 0 Å². The molecule has 0 heterocycles. The summed E-state index contributed by atoms with van der Waals surface area (Å²) in [6.45, 7) is 11.8. The molecule has 0 amide bonds. The average Bonchev–Trinajstić information content (AvgIpc) is 3.24. The van der Waals surface area contributed by atoms with Gasteiger partial charge in [0.2, 0.25) is 0 Å². The second-order valence-corrected chi connectivity index (χ2v) is 12.1. The second-order valence-electron chi connectivity index (χ2n) is 12.1. The Morgan fingerprint density at radius 1 is 0.857 bits per heavy atom. The van der Waals surface area contributed by atoms with E-state index in [4.69, 9.17) is 0 Å². The van der Waals surface area contributed by atoms with Crippen molar-refractivity contribution in [3.8, 4) is 0 Å². The van der Waals surface area contributed by atoms with Gasteiger partial charge >= 0.3 is 0 Å². The van der Waals surface area contributed by atoms with Gasteiger partial charge in [-0.25, -0.2) is 0 Å². The molecule has 4 heteroatoms. The number of rotatable bonds is 1. The Bertz CT molecular complexity index is 773. The van der Waals surface area contributed by atoms with Crippen molar-refractivity contribution >= 4 is 11.4 Å². The summed E-state index contributed by atoms with van der Waals surface area (Å²) >= 11 is 0. The number of hydrogen-bond acceptors (Lipinski definition) is 4. The van der Waals surface area contributed by atoms with Crippen LogP contribution >= 0.6 is 0 Å². The summed E-state index contributed by atoms with van der Waals surface area (Å²) in [7, 11) is 0. The monoisotopic (exact) mass is 386 g/mol. The first-order chi connectivity index (χ1) is 13.1. The molecule has 28 heavy (non-hydrogen) atoms. The Morgan fingerprint density at radius 2 is 1.54 bits per heavy atom. The van der Waals surface area contributed by atoms with E-state index in [-0.39, 0.29) is 10.8 Å². The quantitative estimate of drug-likeness (QED) is 0.324. The van der Waals surface area contributed by atoms with Crippen LogP contribution in [-0.2, 0) is 0 Å². The van der Waals surface area contributed by atoms with Crippen LogP contribution in [0.15, 0.2) is 10.3 Å². The number of oxime groups is 2. The van der Waals surface area contributed by atoms with Gasteiger partial charge in [-0.05, 0) is 98.2 Å². The smallest absolute Gasteiger partial charge is 0.0630 e. The summed E-state index contributed by atoms with van der Waals surface area (Å²) in [5, 5.41) is 26.5. The molecular formula is C24H38N2O2. The lowest BCUT2D eigenvalue weighted by Gasteiger charge is -2.62. The van der Waals surface area contributed by atoms with Crippen molar-refractivity contribution in [3.63, 3.8) is 0 Å². The van der Waals surface area contributed by atoms with Gasteiger partial charge in [-0.2, -0.15) is 0 Å². The van der Waals surface area contributed by atoms with Crippen molar-refractivity contribution in [2.75, 3.05) is 0 Å². The fraction of sp³-hybridized carbons (Fsp3) is 0.917. The van der Waals surface area contributed by atoms with E-state index in [0.717, 1.165) is 23.8 Å². The Labute approximate surface area is 169 Å². The van der Waals surface area contributed by atoms with Crippen LogP contribution in [0.1, 0.15) is 92.4 Å². The minimum Gasteiger partial charge on any atom is -0.411 e. The van der Waals surface area contributed by atoms with Gasteiger partial charge in [0.15, 0.2) is 0 Å². The Balaban J connectivity index is 1.54. The van der Waals surface area contributed by atoms with E-state index in [1.807, 2.05) is 6.92 Å². The topological polar surface area (TPSA) is 65.2 Å². The van der Waals surface area contributed by atoms with E-state index in [9.17, 15) is 10.4 Å². The third-order valence-corrected chi connectivity index (χ3v) is 11.7. The number of nitrogens with zero attached hydrogens (tertiary/aromatic N) is 2. The van der Waals surface area contributed by atoms with E-state index in [1.54, 1.807) is 0 Å². The number of fused-ring (bicyclic) bond motifs is 2. The van der Waals surface area contributed by atoms with Crippen molar-refractivity contribution in [1.29, 1.82) is 0 Å². The van der Waals surface area contributed by atoms with Gasteiger partial charge in [0.25, 0.3) is 0 Å². The molecule has 7 atom stereocenters. The summed E-state index contributed by atoms with van der Waals surface area (Å²) in [4.78, 5) is 0. The zero-order chi connectivity index (χ0) is 20.2. The molecule has 2 spiro atoms. The highest BCUT2D eigenvalue weighted by molar-refractivity contribution is 5.90. The zero-order valence-corrected chi connectivity index (χ0v) is 18.4. The summed E-state index contributed by atoms with van der Waals surface area (Å²) in [6.07, 6.45) is 11.3. The molecule has 0 aromatic heterocycles. The molecule has 2 N–H and O–H groups in total. The molecule has 1 unspecified atom stereocenters. The van der Waals surface area contributed by atoms with Gasteiger partial charge < -0.3 is 10.4 Å². The normalized spacial score (nSPS) is 55.8. The van der Waals surface area contributed by atoms with Gasteiger partial charge in [0.1, 0.15) is 0 Å². The van der Waals surface area contributed by atoms with Gasteiger partial charge in [-0.1, -0.05) is 38.0 Å². The van der Waals surface area contributed by atoms with Gasteiger partial charge in [0.05, 0.1) is 11.4 Å². The third-order valence-electron chi connectivity index (χ3n) is 11.7. The lowest BCUT2D eigenvalue weighted by Crippen LogP contribution is -2.57. The molecule has 4 nitrogen and oxygen atoms in total. The molecule has 5 fully saturated rings. The first-order valence-electron chi connectivity index (χ1n) is 11.5. The molecule has 5 aliphatic rings. The molecule has 5 rings (SSSR count). The summed E-state index contributed by atoms with van der Waals surface area (Å²) in [5.41, 5.74) is 3.62. The molecule has 0 aromatic carbocycles. The number of hydrogen-bond donors (Lipinski definition) is 2. The van der Waals surface area contributed by atoms with Crippen molar-refractivity contribution in [2.45, 2.75) is 92.4 Å². The Hall–Kier alpha value is -1.06. The van der Waals surface area contributed by atoms with E-state index in [2.05, 4.69) is 38.0 Å². The molecule has 0 aromatic rings. The molecular weight excluding hydrogens is 348 g/mol. The molecule has 5 aliphatic carbocycles. The standard InChI is InChI=1S/C24H38N2O2/c1-15(25-27)16-8-10-22(5)18-7-6-17-20(2,3)19(26-28)9-11-23(17)14-24(18,23)13-12-21(16,22)4/h16-18,27-28H,6-14H2,1-5H3/b25-15+,26-19+/t16-,17+,18+,21-,22+,23-,24?/m1/s1. The maximum absolute atomic E-state index is 9.60. The molecule has 156 valence electrons. The highest BCUT2D eigenvalue weighted by Crippen LogP contribution is 2.88. The predicted octanol–water partition coefficient (Wildman–Crippen LogP) is 6.11. The second kappa shape index (κ2) is 5.35. The predicted molar refractivity (Wildman–Crippen MR) is 111 cm³/mol. The van der Waals surface area contributed by atoms with Crippen LogP contribution in [0.5, 0.6) is 0 Å². The Kier molecular flexibility index (Phi) is 3.62. The molecule has 0 aliphatic heterocycles. The SMILES string of the molecule is C/C(=N\O)[C@H]1CC[C@@]2(C)[C@@H]3CC[C@H]4C(C)(C)/C(=N/O)CC[C@@]45CC35CC[C@]12C. The average molecular weight is 387 g/mol. The largest absolute Gasteiger partial charge is 0.411 e. The first kappa shape index (κ1) is 18.9. The highest BCUT2D eigenvalue weighted by Gasteiger charge is 2.82. The summed E-state index contributed by atoms with van der Waals surface area (Å²) in [6, 6.07) is 0. The fourth-order valence-electron chi connectivity index (χ4n) is 10.1. The van der Waals surface area contributed by atoms with Gasteiger partial charge in [-0.15, -0.1) is 0 Å². The maximum Gasteiger partial charge on any atom is 0.0630 e. The van der Waals surface area contributed by atoms with Crippen LogP contribution in [0, 0.1) is 44.8 Å². The van der Waals surface area contributed by atoms with Crippen LogP contribution in [0.4, 0.5) is 0 Å². The van der Waals surface area contributed by atoms with E-state index in [0.29, 0.717) is 28.1 Å². The van der Waals surface area contributed by atoms with Crippen LogP contribution in [0.2, 0.25) is 0 Å². The molecule has 0 radical (unpaired) electrons. The van der Waals surface area contributed by atoms with E-state index < -0.39 is 0 Å². The Morgan fingerprint density at radius 3 is 2.21 bits per heavy atom. The van der Waals surface area contributed by atoms with E-state index in [1.165, 1.54) is 51.4 Å². The van der Waals surface area contributed by atoms with Gasteiger partial charge in [0, 0.05) is 11.3 Å². The van der Waals surface area contributed by atoms with Crippen LogP contribution in [0.25, 0.3) is 0 Å². The summed E-state index contributed by atoms with van der Waals surface area (Å²) in [5.74, 6) is 1.90. The zero-order valence-electron chi connectivity index (χ0n) is 18.4. The minimum atomic E-state index is 0.0292. The van der Waals surface area contributed by atoms with Crippen LogP contribution in [-0.4, -0.2) is 21.8 Å². The van der Waals surface area contributed by atoms with Crippen molar-refractivity contribution in [1.82, 2.24) is 0 Å². The minimum absolute atomic E-state index is 0.0292. The van der Waals surface area contributed by atoms with E-state index >= 15 is 0 Å². The lowest BCUT2D eigenvalue weighted by molar-refractivity contribution is -0.121. The van der Waals surface area contributed by atoms with Crippen molar-refractivity contribution in [3.05, 3.63) is 0 Å².